The van der Waals surface area contributed by atoms with Gasteiger partial charge in [0.25, 0.3) is 5.91 Å². The summed E-state index contributed by atoms with van der Waals surface area (Å²) < 4.78 is 16.0. The molecule has 0 saturated heterocycles. The number of ether oxygens (including phenoxy) is 3. The molecule has 2 aromatic rings. The highest BCUT2D eigenvalue weighted by atomic mass is 35.5. The first kappa shape index (κ1) is 22.9. The second-order valence-corrected chi connectivity index (χ2v) is 6.12. The highest BCUT2D eigenvalue weighted by molar-refractivity contribution is 6.33. The molecule has 8 heteroatoms. The molecule has 0 aromatic heterocycles. The summed E-state index contributed by atoms with van der Waals surface area (Å²) in [5, 5.41) is 3.16. The van der Waals surface area contributed by atoms with Gasteiger partial charge in [-0.1, -0.05) is 23.7 Å². The third kappa shape index (κ3) is 6.20. The van der Waals surface area contributed by atoms with E-state index >= 15 is 0 Å². The smallest absolute Gasteiger partial charge is 0.255 e. The minimum absolute atomic E-state index is 0. The lowest BCUT2D eigenvalue weighted by atomic mass is 10.1. The van der Waals surface area contributed by atoms with Crippen LogP contribution >= 0.6 is 24.0 Å². The predicted molar refractivity (Wildman–Crippen MR) is 109 cm³/mol. The molecule has 2 aromatic carbocycles. The van der Waals surface area contributed by atoms with E-state index < -0.39 is 0 Å². The van der Waals surface area contributed by atoms with Crippen LogP contribution in [0, 0.1) is 6.92 Å². The zero-order valence-corrected chi connectivity index (χ0v) is 17.1. The lowest BCUT2D eigenvalue weighted by molar-refractivity contribution is 0.0947. The average molecular weight is 415 g/mol. The van der Waals surface area contributed by atoms with Crippen LogP contribution in [0.1, 0.15) is 21.5 Å². The standard InChI is InChI=1S/C19H23ClN2O4.ClH/c1-12-4-5-13(17(8-12)26-7-6-24-2)11-22-19(23)14-9-15(20)16(21)10-18(14)25-3;/h4-5,8-10H,6-7,11,21H2,1-3H3,(H,22,23);1H. The molecule has 0 bridgehead atoms. The number of nitrogens with two attached hydrogens (primary N) is 1. The van der Waals surface area contributed by atoms with Gasteiger partial charge < -0.3 is 25.3 Å². The van der Waals surface area contributed by atoms with Crippen molar-refractivity contribution in [1.82, 2.24) is 5.32 Å². The Kier molecular flexibility index (Phi) is 9.21. The molecule has 0 saturated carbocycles. The van der Waals surface area contributed by atoms with Crippen LogP contribution in [0.5, 0.6) is 11.5 Å². The summed E-state index contributed by atoms with van der Waals surface area (Å²) in [7, 11) is 3.09. The van der Waals surface area contributed by atoms with Crippen molar-refractivity contribution in [3.8, 4) is 11.5 Å². The maximum absolute atomic E-state index is 12.5. The number of amides is 1. The molecular formula is C19H24Cl2N2O4. The Labute approximate surface area is 170 Å². The molecule has 0 fully saturated rings. The van der Waals surface area contributed by atoms with Crippen LogP contribution in [0.15, 0.2) is 30.3 Å². The SMILES string of the molecule is COCCOc1cc(C)ccc1CNC(=O)c1cc(Cl)c(N)cc1OC.Cl. The molecular weight excluding hydrogens is 391 g/mol. The first-order chi connectivity index (χ1) is 12.5. The number of rotatable bonds is 8. The Balaban J connectivity index is 0.00000364. The summed E-state index contributed by atoms with van der Waals surface area (Å²) in [5.41, 5.74) is 8.36. The summed E-state index contributed by atoms with van der Waals surface area (Å²) >= 11 is 6.03. The first-order valence-electron chi connectivity index (χ1n) is 8.08. The van der Waals surface area contributed by atoms with Crippen LogP contribution in [-0.4, -0.2) is 33.3 Å². The number of aryl methyl sites for hydroxylation is 1. The molecule has 0 unspecified atom stereocenters. The van der Waals surface area contributed by atoms with Gasteiger partial charge in [-0.25, -0.2) is 0 Å². The minimum Gasteiger partial charge on any atom is -0.496 e. The van der Waals surface area contributed by atoms with Gasteiger partial charge >= 0.3 is 0 Å². The van der Waals surface area contributed by atoms with Crippen molar-refractivity contribution in [3.63, 3.8) is 0 Å². The fraction of sp³-hybridized carbons (Fsp3) is 0.316. The molecule has 0 atom stereocenters. The maximum Gasteiger partial charge on any atom is 0.255 e. The van der Waals surface area contributed by atoms with Crippen LogP contribution in [0.25, 0.3) is 0 Å². The summed E-state index contributed by atoms with van der Waals surface area (Å²) in [6, 6.07) is 8.84. The molecule has 2 rings (SSSR count). The number of nitrogen functional groups attached to an aromatic ring is 1. The van der Waals surface area contributed by atoms with Crippen molar-refractivity contribution in [2.24, 2.45) is 0 Å². The monoisotopic (exact) mass is 414 g/mol. The topological polar surface area (TPSA) is 82.8 Å². The Morgan fingerprint density at radius 1 is 1.15 bits per heavy atom. The average Bonchev–Trinajstić information content (AvgIpc) is 2.62. The van der Waals surface area contributed by atoms with Gasteiger partial charge in [0.05, 0.1) is 30.0 Å². The zero-order chi connectivity index (χ0) is 19.1. The van der Waals surface area contributed by atoms with Crippen LogP contribution in [0.3, 0.4) is 0 Å². The molecule has 148 valence electrons. The quantitative estimate of drug-likeness (QED) is 0.509. The van der Waals surface area contributed by atoms with Gasteiger partial charge in [0.15, 0.2) is 0 Å². The molecule has 1 amide bonds. The lowest BCUT2D eigenvalue weighted by Crippen LogP contribution is -2.24. The zero-order valence-electron chi connectivity index (χ0n) is 15.5. The van der Waals surface area contributed by atoms with E-state index in [2.05, 4.69) is 5.32 Å². The number of hydrogen-bond donors (Lipinski definition) is 2. The van der Waals surface area contributed by atoms with Crippen LogP contribution in [0.4, 0.5) is 5.69 Å². The van der Waals surface area contributed by atoms with E-state index in [1.807, 2.05) is 25.1 Å². The van der Waals surface area contributed by atoms with E-state index in [4.69, 9.17) is 31.5 Å². The van der Waals surface area contributed by atoms with Crippen LogP contribution < -0.4 is 20.5 Å². The van der Waals surface area contributed by atoms with Gasteiger partial charge in [-0.05, 0) is 24.6 Å². The van der Waals surface area contributed by atoms with E-state index in [0.29, 0.717) is 47.5 Å². The van der Waals surface area contributed by atoms with Crippen molar-refractivity contribution in [3.05, 3.63) is 52.0 Å². The summed E-state index contributed by atoms with van der Waals surface area (Å²) in [5.74, 6) is 0.765. The van der Waals surface area contributed by atoms with Crippen molar-refractivity contribution < 1.29 is 19.0 Å². The highest BCUT2D eigenvalue weighted by Gasteiger charge is 2.15. The normalized spacial score (nSPS) is 10.1. The predicted octanol–water partition coefficient (Wildman–Crippen LogP) is 3.62. The Hall–Kier alpha value is -2.15. The van der Waals surface area contributed by atoms with Gasteiger partial charge in [0.1, 0.15) is 18.1 Å². The molecule has 0 spiro atoms. The fourth-order valence-electron chi connectivity index (χ4n) is 2.36. The molecule has 3 N–H and O–H groups in total. The van der Waals surface area contributed by atoms with Crippen molar-refractivity contribution in [2.45, 2.75) is 13.5 Å². The third-order valence-electron chi connectivity index (χ3n) is 3.77. The second kappa shape index (κ2) is 10.9. The molecule has 0 heterocycles. The lowest BCUT2D eigenvalue weighted by Gasteiger charge is -2.14. The van der Waals surface area contributed by atoms with Crippen LogP contribution in [-0.2, 0) is 11.3 Å². The molecule has 27 heavy (non-hydrogen) atoms. The summed E-state index contributed by atoms with van der Waals surface area (Å²) in [6.45, 7) is 3.20. The van der Waals surface area contributed by atoms with E-state index in [0.717, 1.165) is 11.1 Å². The van der Waals surface area contributed by atoms with E-state index in [1.165, 1.54) is 19.2 Å². The number of nitrogens with one attached hydrogen (secondary N) is 1. The summed E-state index contributed by atoms with van der Waals surface area (Å²) in [6.07, 6.45) is 0. The van der Waals surface area contributed by atoms with Gasteiger partial charge in [-0.3, -0.25) is 4.79 Å². The number of halogens is 2. The Morgan fingerprint density at radius 3 is 2.56 bits per heavy atom. The molecule has 0 aliphatic heterocycles. The van der Waals surface area contributed by atoms with E-state index in [9.17, 15) is 4.79 Å². The van der Waals surface area contributed by atoms with Crippen molar-refractivity contribution >= 4 is 35.6 Å². The number of anilines is 1. The Bertz CT molecular complexity index is 785. The molecule has 0 aliphatic rings. The third-order valence-corrected chi connectivity index (χ3v) is 4.10. The molecule has 6 nitrogen and oxygen atoms in total. The number of hydrogen-bond acceptors (Lipinski definition) is 5. The largest absolute Gasteiger partial charge is 0.496 e. The maximum atomic E-state index is 12.5. The van der Waals surface area contributed by atoms with Crippen molar-refractivity contribution in [1.29, 1.82) is 0 Å². The number of carbonyl (C=O) groups is 1. The summed E-state index contributed by atoms with van der Waals surface area (Å²) in [4.78, 5) is 12.5. The number of carbonyl (C=O) groups excluding carboxylic acids is 1. The van der Waals surface area contributed by atoms with Crippen LogP contribution in [0.2, 0.25) is 5.02 Å². The van der Waals surface area contributed by atoms with Gasteiger partial charge in [-0.15, -0.1) is 12.4 Å². The van der Waals surface area contributed by atoms with Crippen molar-refractivity contribution in [2.75, 3.05) is 33.2 Å². The van der Waals surface area contributed by atoms with Gasteiger partial charge in [0.2, 0.25) is 0 Å². The van der Waals surface area contributed by atoms with Gasteiger partial charge in [-0.2, -0.15) is 0 Å². The Morgan fingerprint density at radius 2 is 1.89 bits per heavy atom. The second-order valence-electron chi connectivity index (χ2n) is 5.71. The molecule has 0 aliphatic carbocycles. The highest BCUT2D eigenvalue weighted by Crippen LogP contribution is 2.29. The fourth-order valence-corrected chi connectivity index (χ4v) is 2.53. The number of methoxy groups -OCH3 is 2. The van der Waals surface area contributed by atoms with E-state index in [1.54, 1.807) is 7.11 Å². The minimum atomic E-state index is -0.313. The number of benzene rings is 2. The van der Waals surface area contributed by atoms with Gasteiger partial charge in [0, 0.05) is 25.3 Å². The molecule has 0 radical (unpaired) electrons. The first-order valence-corrected chi connectivity index (χ1v) is 8.46. The van der Waals surface area contributed by atoms with E-state index in [-0.39, 0.29) is 18.3 Å².